The smallest absolute Gasteiger partial charge is 0.160 e. The number of rotatable bonds is 10. The number of aryl methyl sites for hydroxylation is 1. The van der Waals surface area contributed by atoms with E-state index in [0.29, 0.717) is 6.61 Å². The van der Waals surface area contributed by atoms with Crippen molar-refractivity contribution in [1.82, 2.24) is 5.32 Å². The molecule has 0 aliphatic rings. The topological polar surface area (TPSA) is 39.7 Å². The Hall–Kier alpha value is -3.21. The zero-order valence-corrected chi connectivity index (χ0v) is 20.8. The summed E-state index contributed by atoms with van der Waals surface area (Å²) in [5.74, 6) is 2.43. The van der Waals surface area contributed by atoms with E-state index in [9.17, 15) is 0 Å². The molecule has 0 bridgehead atoms. The van der Waals surface area contributed by atoms with E-state index in [-0.39, 0.29) is 12.4 Å². The van der Waals surface area contributed by atoms with Crippen LogP contribution in [0.25, 0.3) is 10.8 Å². The van der Waals surface area contributed by atoms with Crippen molar-refractivity contribution in [3.05, 3.63) is 101 Å². The van der Waals surface area contributed by atoms with Gasteiger partial charge in [0.2, 0.25) is 0 Å². The highest BCUT2D eigenvalue weighted by Crippen LogP contribution is 2.29. The number of hydrogen-bond acceptors (Lipinski definition) is 4. The van der Waals surface area contributed by atoms with E-state index in [0.717, 1.165) is 36.8 Å². The summed E-state index contributed by atoms with van der Waals surface area (Å²) in [5, 5.41) is 6.04. The lowest BCUT2D eigenvalue weighted by atomic mass is 10.0. The maximum Gasteiger partial charge on any atom is 0.160 e. The lowest BCUT2D eigenvalue weighted by Crippen LogP contribution is -2.17. The molecule has 178 valence electrons. The van der Waals surface area contributed by atoms with Gasteiger partial charge in [-0.25, -0.2) is 0 Å². The highest BCUT2D eigenvalue weighted by Gasteiger charge is 2.10. The molecule has 5 heteroatoms. The van der Waals surface area contributed by atoms with E-state index in [4.69, 9.17) is 14.2 Å². The molecule has 0 aromatic heterocycles. The molecule has 0 amide bonds. The first-order valence-corrected chi connectivity index (χ1v) is 11.3. The molecule has 4 aromatic carbocycles. The van der Waals surface area contributed by atoms with Crippen molar-refractivity contribution in [1.29, 1.82) is 0 Å². The van der Waals surface area contributed by atoms with E-state index in [2.05, 4.69) is 79.0 Å². The van der Waals surface area contributed by atoms with Crippen molar-refractivity contribution in [3.63, 3.8) is 0 Å². The summed E-state index contributed by atoms with van der Waals surface area (Å²) in [6, 6.07) is 27.2. The highest BCUT2D eigenvalue weighted by molar-refractivity contribution is 5.87. The molecule has 0 radical (unpaired) electrons. The predicted octanol–water partition coefficient (Wildman–Crippen LogP) is 6.50. The molecule has 34 heavy (non-hydrogen) atoms. The normalized spacial score (nSPS) is 10.6. The SMILES string of the molecule is COc1ccc(CCNCc2c(OCc3ccc(C)cc3)ccc3ccccc23)cc1OC.Cl. The second-order valence-electron chi connectivity index (χ2n) is 8.15. The summed E-state index contributed by atoms with van der Waals surface area (Å²) < 4.78 is 17.0. The number of benzene rings is 4. The molecule has 0 saturated carbocycles. The van der Waals surface area contributed by atoms with E-state index in [1.54, 1.807) is 14.2 Å². The van der Waals surface area contributed by atoms with Crippen LogP contribution in [0.2, 0.25) is 0 Å². The fourth-order valence-electron chi connectivity index (χ4n) is 3.96. The lowest BCUT2D eigenvalue weighted by molar-refractivity contribution is 0.303. The van der Waals surface area contributed by atoms with Crippen LogP contribution >= 0.6 is 12.4 Å². The van der Waals surface area contributed by atoms with Crippen LogP contribution in [0.3, 0.4) is 0 Å². The van der Waals surface area contributed by atoms with Crippen LogP contribution < -0.4 is 19.5 Å². The van der Waals surface area contributed by atoms with Crippen molar-refractivity contribution < 1.29 is 14.2 Å². The van der Waals surface area contributed by atoms with Crippen LogP contribution in [-0.4, -0.2) is 20.8 Å². The molecule has 4 aromatic rings. The van der Waals surface area contributed by atoms with Gasteiger partial charge in [-0.05, 0) is 60.0 Å². The molecule has 0 heterocycles. The maximum absolute atomic E-state index is 6.27. The fraction of sp³-hybridized carbons (Fsp3) is 0.241. The fourth-order valence-corrected chi connectivity index (χ4v) is 3.96. The number of fused-ring (bicyclic) bond motifs is 1. The minimum atomic E-state index is 0. The minimum Gasteiger partial charge on any atom is -0.493 e. The van der Waals surface area contributed by atoms with Gasteiger partial charge in [0.05, 0.1) is 14.2 Å². The third kappa shape index (κ3) is 6.22. The summed E-state index contributed by atoms with van der Waals surface area (Å²) >= 11 is 0. The van der Waals surface area contributed by atoms with Crippen LogP contribution in [0.5, 0.6) is 17.2 Å². The van der Waals surface area contributed by atoms with Crippen molar-refractivity contribution in [2.45, 2.75) is 26.5 Å². The Balaban J connectivity index is 0.00000324. The molecule has 4 rings (SSSR count). The average molecular weight is 478 g/mol. The minimum absolute atomic E-state index is 0. The number of halogens is 1. The molecule has 0 unspecified atom stereocenters. The first-order chi connectivity index (χ1) is 16.2. The molecule has 1 N–H and O–H groups in total. The van der Waals surface area contributed by atoms with Crippen molar-refractivity contribution in [2.75, 3.05) is 20.8 Å². The van der Waals surface area contributed by atoms with Crippen LogP contribution in [0.4, 0.5) is 0 Å². The van der Waals surface area contributed by atoms with Crippen LogP contribution in [0, 0.1) is 6.92 Å². The molecule has 4 nitrogen and oxygen atoms in total. The van der Waals surface area contributed by atoms with Gasteiger partial charge in [0.25, 0.3) is 0 Å². The van der Waals surface area contributed by atoms with Gasteiger partial charge < -0.3 is 19.5 Å². The van der Waals surface area contributed by atoms with Gasteiger partial charge in [0.1, 0.15) is 12.4 Å². The Kier molecular flexibility index (Phi) is 9.20. The second-order valence-corrected chi connectivity index (χ2v) is 8.15. The van der Waals surface area contributed by atoms with Gasteiger partial charge >= 0.3 is 0 Å². The molecule has 0 spiro atoms. The zero-order chi connectivity index (χ0) is 23.0. The molecular weight excluding hydrogens is 446 g/mol. The summed E-state index contributed by atoms with van der Waals surface area (Å²) in [6.07, 6.45) is 0.894. The number of ether oxygens (including phenoxy) is 3. The zero-order valence-electron chi connectivity index (χ0n) is 20.0. The molecule has 0 atom stereocenters. The third-order valence-corrected chi connectivity index (χ3v) is 5.85. The van der Waals surface area contributed by atoms with Gasteiger partial charge in [0, 0.05) is 12.1 Å². The predicted molar refractivity (Wildman–Crippen MR) is 142 cm³/mol. The van der Waals surface area contributed by atoms with E-state index >= 15 is 0 Å². The van der Waals surface area contributed by atoms with Gasteiger partial charge in [-0.15, -0.1) is 12.4 Å². The van der Waals surface area contributed by atoms with E-state index in [1.807, 2.05) is 12.1 Å². The number of methoxy groups -OCH3 is 2. The number of hydrogen-bond donors (Lipinski definition) is 1. The number of nitrogens with one attached hydrogen (secondary N) is 1. The largest absolute Gasteiger partial charge is 0.493 e. The van der Waals surface area contributed by atoms with Gasteiger partial charge in [-0.1, -0.05) is 66.2 Å². The maximum atomic E-state index is 6.27. The quantitative estimate of drug-likeness (QED) is 0.265. The second kappa shape index (κ2) is 12.3. The van der Waals surface area contributed by atoms with E-state index < -0.39 is 0 Å². The summed E-state index contributed by atoms with van der Waals surface area (Å²) in [5.41, 5.74) is 4.81. The third-order valence-electron chi connectivity index (χ3n) is 5.85. The molecule has 0 fully saturated rings. The molecule has 0 aliphatic heterocycles. The van der Waals surface area contributed by atoms with Crippen molar-refractivity contribution >= 4 is 23.2 Å². The first kappa shape index (κ1) is 25.4. The Morgan fingerprint density at radius 3 is 2.21 bits per heavy atom. The van der Waals surface area contributed by atoms with Gasteiger partial charge in [-0.3, -0.25) is 0 Å². The van der Waals surface area contributed by atoms with Crippen molar-refractivity contribution in [2.24, 2.45) is 0 Å². The van der Waals surface area contributed by atoms with E-state index in [1.165, 1.54) is 33.0 Å². The Morgan fingerprint density at radius 2 is 1.44 bits per heavy atom. The lowest BCUT2D eigenvalue weighted by Gasteiger charge is -2.16. The first-order valence-electron chi connectivity index (χ1n) is 11.3. The van der Waals surface area contributed by atoms with Crippen LogP contribution in [0.15, 0.2) is 78.9 Å². The summed E-state index contributed by atoms with van der Waals surface area (Å²) in [6.45, 7) is 4.23. The Morgan fingerprint density at radius 1 is 0.735 bits per heavy atom. The Bertz CT molecular complexity index is 1210. The molecular formula is C29H32ClNO3. The van der Waals surface area contributed by atoms with Crippen LogP contribution in [-0.2, 0) is 19.6 Å². The monoisotopic (exact) mass is 477 g/mol. The summed E-state index contributed by atoms with van der Waals surface area (Å²) in [7, 11) is 3.32. The molecule has 0 aliphatic carbocycles. The average Bonchev–Trinajstić information content (AvgIpc) is 2.86. The Labute approximate surface area is 208 Å². The van der Waals surface area contributed by atoms with Gasteiger partial charge in [0.15, 0.2) is 11.5 Å². The summed E-state index contributed by atoms with van der Waals surface area (Å²) in [4.78, 5) is 0. The van der Waals surface area contributed by atoms with Crippen LogP contribution in [0.1, 0.15) is 22.3 Å². The highest BCUT2D eigenvalue weighted by atomic mass is 35.5. The molecule has 0 saturated heterocycles. The standard InChI is InChI=1S/C29H31NO3.ClH/c1-21-8-10-23(11-9-21)20-33-27-15-13-24-6-4-5-7-25(24)26(27)19-30-17-16-22-12-14-28(31-2)29(18-22)32-3;/h4-15,18,30H,16-17,19-20H2,1-3H3;1H. The van der Waals surface area contributed by atoms with Crippen molar-refractivity contribution in [3.8, 4) is 17.2 Å². The van der Waals surface area contributed by atoms with Gasteiger partial charge in [-0.2, -0.15) is 0 Å².